The first kappa shape index (κ1) is 43.2. The lowest BCUT2D eigenvalue weighted by molar-refractivity contribution is 0.444. The molecule has 5 heteroatoms. The molecule has 5 heterocycles. The molecule has 0 unspecified atom stereocenters. The molecule has 2 aliphatic carbocycles. The third-order valence-electron chi connectivity index (χ3n) is 17.8. The average molecular weight is 963 g/mol. The van der Waals surface area contributed by atoms with Gasteiger partial charge in [-0.25, -0.2) is 9.97 Å². The fraction of sp³-hybridized carbons (Fsp3) is 0.171. The van der Waals surface area contributed by atoms with Gasteiger partial charge in [-0.05, 0) is 142 Å². The quantitative estimate of drug-likeness (QED) is 0.149. The summed E-state index contributed by atoms with van der Waals surface area (Å²) in [6.45, 7) is 0.0217. The van der Waals surface area contributed by atoms with Crippen molar-refractivity contribution in [1.82, 2.24) is 19.1 Å². The highest BCUT2D eigenvalue weighted by Crippen LogP contribution is 2.46. The topological polar surface area (TPSA) is 35.6 Å². The Hall–Kier alpha value is -8.28. The van der Waals surface area contributed by atoms with Crippen LogP contribution in [0.3, 0.4) is 0 Å². The maximum atomic E-state index is 5.53. The average Bonchev–Trinajstić information content (AvgIpc) is 4.04. The van der Waals surface area contributed by atoms with E-state index in [1.165, 1.54) is 169 Å². The number of nitrogens with zero attached hydrogens (tertiary/aromatic N) is 4. The van der Waals surface area contributed by atoms with Gasteiger partial charge in [-0.1, -0.05) is 184 Å². The highest BCUT2D eigenvalue weighted by atomic mass is 15.0. The predicted molar refractivity (Wildman–Crippen MR) is 314 cm³/mol. The van der Waals surface area contributed by atoms with Crippen molar-refractivity contribution in [2.75, 3.05) is 0 Å². The Morgan fingerprint density at radius 1 is 0.347 bits per heavy atom. The van der Waals surface area contributed by atoms with Crippen LogP contribution in [0.15, 0.2) is 200 Å². The Balaban J connectivity index is 1.05. The van der Waals surface area contributed by atoms with Crippen molar-refractivity contribution < 1.29 is 0 Å². The monoisotopic (exact) mass is 962 g/mol. The number of hydrogen-bond donors (Lipinski definition) is 0. The van der Waals surface area contributed by atoms with E-state index in [9.17, 15) is 0 Å². The maximum Gasteiger partial charge on any atom is 0.252 e. The van der Waals surface area contributed by atoms with E-state index in [2.05, 4.69) is 209 Å². The zero-order chi connectivity index (χ0) is 49.1. The molecule has 3 aromatic heterocycles. The van der Waals surface area contributed by atoms with Crippen LogP contribution in [0.1, 0.15) is 87.2 Å². The number of aromatic nitrogens is 4. The van der Waals surface area contributed by atoms with Gasteiger partial charge in [0.2, 0.25) is 0 Å². The summed E-state index contributed by atoms with van der Waals surface area (Å²) in [4.78, 5) is 11.1. The van der Waals surface area contributed by atoms with E-state index in [1.807, 2.05) is 0 Å². The molecule has 9 aromatic carbocycles. The van der Waals surface area contributed by atoms with Crippen LogP contribution in [-0.4, -0.2) is 25.8 Å². The van der Waals surface area contributed by atoms with Gasteiger partial charge in [-0.2, -0.15) is 0 Å². The molecule has 358 valence electrons. The van der Waals surface area contributed by atoms with Crippen molar-refractivity contribution in [1.29, 1.82) is 0 Å². The molecule has 0 atom stereocenters. The number of rotatable bonds is 7. The van der Waals surface area contributed by atoms with Crippen molar-refractivity contribution in [3.8, 4) is 67.5 Å². The Kier molecular flexibility index (Phi) is 9.87. The minimum Gasteiger partial charge on any atom is -0.310 e. The Morgan fingerprint density at radius 2 is 0.760 bits per heavy atom. The molecule has 0 N–H and O–H groups in total. The van der Waals surface area contributed by atoms with Crippen molar-refractivity contribution >= 4 is 66.7 Å². The van der Waals surface area contributed by atoms with Crippen LogP contribution < -0.4 is 16.4 Å². The fourth-order valence-electron chi connectivity index (χ4n) is 14.3. The summed E-state index contributed by atoms with van der Waals surface area (Å²) in [5, 5.41) is 5.36. The number of hydrogen-bond acceptors (Lipinski definition) is 2. The second-order valence-electron chi connectivity index (χ2n) is 22.1. The van der Waals surface area contributed by atoms with Gasteiger partial charge < -0.3 is 9.13 Å². The van der Waals surface area contributed by atoms with Gasteiger partial charge in [0.15, 0.2) is 5.82 Å². The van der Waals surface area contributed by atoms with Gasteiger partial charge in [-0.15, -0.1) is 0 Å². The van der Waals surface area contributed by atoms with E-state index in [0.717, 1.165) is 33.9 Å². The summed E-state index contributed by atoms with van der Waals surface area (Å²) >= 11 is 0. The summed E-state index contributed by atoms with van der Waals surface area (Å²) < 4.78 is 5.31. The van der Waals surface area contributed by atoms with E-state index in [-0.39, 0.29) is 6.71 Å². The zero-order valence-electron chi connectivity index (χ0n) is 42.1. The van der Waals surface area contributed by atoms with Gasteiger partial charge >= 0.3 is 0 Å². The SMILES string of the molecule is c1ccc(-c2ccc3c(c2)c2cc(C4CCCCC4)cc4c2n3-c2cc(-c3nc(-c5ccccc5)cc(-c5ccccc5)n3)cc3c2B4c2cc(C4CCCCC4)cc4c5cc(-c6ccccc6)ccc5n-3c24)cc1. The molecule has 0 radical (unpaired) electrons. The summed E-state index contributed by atoms with van der Waals surface area (Å²) in [5.41, 5.74) is 24.9. The van der Waals surface area contributed by atoms with Gasteiger partial charge in [-0.3, -0.25) is 0 Å². The number of benzene rings is 9. The molecule has 2 aliphatic heterocycles. The first-order valence-electron chi connectivity index (χ1n) is 27.7. The van der Waals surface area contributed by atoms with Gasteiger partial charge in [0.1, 0.15) is 0 Å². The normalized spacial score (nSPS) is 15.3. The first-order chi connectivity index (χ1) is 37.2. The fourth-order valence-corrected chi connectivity index (χ4v) is 14.3. The third-order valence-corrected chi connectivity index (χ3v) is 17.8. The molecule has 4 nitrogen and oxygen atoms in total. The summed E-state index contributed by atoms with van der Waals surface area (Å²) in [6.07, 6.45) is 12.9. The van der Waals surface area contributed by atoms with Gasteiger partial charge in [0.05, 0.1) is 22.4 Å². The van der Waals surface area contributed by atoms with E-state index in [0.29, 0.717) is 11.8 Å². The van der Waals surface area contributed by atoms with Gasteiger partial charge in [0, 0.05) is 60.6 Å². The summed E-state index contributed by atoms with van der Waals surface area (Å²) in [7, 11) is 0. The van der Waals surface area contributed by atoms with E-state index < -0.39 is 0 Å². The van der Waals surface area contributed by atoms with Crippen LogP contribution in [0.4, 0.5) is 0 Å². The molecule has 4 aliphatic rings. The van der Waals surface area contributed by atoms with E-state index in [4.69, 9.17) is 9.97 Å². The van der Waals surface area contributed by atoms with Crippen LogP contribution in [0.2, 0.25) is 0 Å². The highest BCUT2D eigenvalue weighted by Gasteiger charge is 2.43. The lowest BCUT2D eigenvalue weighted by Crippen LogP contribution is -2.59. The van der Waals surface area contributed by atoms with Crippen LogP contribution in [0, 0.1) is 0 Å². The molecule has 75 heavy (non-hydrogen) atoms. The molecule has 0 bridgehead atoms. The Labute approximate surface area is 438 Å². The summed E-state index contributed by atoms with van der Waals surface area (Å²) in [5.74, 6) is 1.82. The lowest BCUT2D eigenvalue weighted by Gasteiger charge is -2.35. The van der Waals surface area contributed by atoms with Crippen LogP contribution in [-0.2, 0) is 0 Å². The van der Waals surface area contributed by atoms with Crippen molar-refractivity contribution in [2.24, 2.45) is 0 Å². The van der Waals surface area contributed by atoms with E-state index >= 15 is 0 Å². The van der Waals surface area contributed by atoms with Crippen LogP contribution in [0.25, 0.3) is 111 Å². The van der Waals surface area contributed by atoms with Crippen LogP contribution in [0.5, 0.6) is 0 Å². The molecule has 16 rings (SSSR count). The van der Waals surface area contributed by atoms with Crippen molar-refractivity contribution in [2.45, 2.75) is 76.0 Å². The van der Waals surface area contributed by atoms with Crippen molar-refractivity contribution in [3.05, 3.63) is 211 Å². The van der Waals surface area contributed by atoms with Crippen molar-refractivity contribution in [3.63, 3.8) is 0 Å². The Morgan fingerprint density at radius 3 is 1.19 bits per heavy atom. The second kappa shape index (κ2) is 17.1. The van der Waals surface area contributed by atoms with Crippen LogP contribution >= 0.6 is 0 Å². The molecule has 2 fully saturated rings. The number of fused-ring (bicyclic) bond motifs is 10. The maximum absolute atomic E-state index is 5.53. The molecular formula is C70H55BN4. The predicted octanol–water partition coefficient (Wildman–Crippen LogP) is 16.2. The standard InChI is InChI=1S/C70H55BN4/c1-7-19-44(20-8-1)50-31-33-63-55(35-50)57-37-52(46-23-11-3-12-24-46)39-59-68(57)74(63)65-41-54(70-72-61(48-27-15-5-16-28-48)43-62(73-70)49-29-17-6-18-30-49)42-66-67(65)71(59)60-40-53(47-25-13-4-14-26-47)38-58-56-36-51(45-21-9-2-10-22-45)32-34-64(56)75(66)69(58)60/h1-2,5-10,15-22,27-43,46-47H,3-4,11-14,23-26H2. The lowest BCUT2D eigenvalue weighted by atomic mass is 9.34. The largest absolute Gasteiger partial charge is 0.310 e. The highest BCUT2D eigenvalue weighted by molar-refractivity contribution is 7.00. The molecule has 0 saturated heterocycles. The molecule has 12 aromatic rings. The summed E-state index contributed by atoms with van der Waals surface area (Å²) in [6, 6.07) is 75.4. The van der Waals surface area contributed by atoms with Gasteiger partial charge in [0.25, 0.3) is 6.71 Å². The minimum atomic E-state index is 0.0217. The minimum absolute atomic E-state index is 0.0217. The first-order valence-corrected chi connectivity index (χ1v) is 27.7. The van der Waals surface area contributed by atoms with E-state index in [1.54, 1.807) is 0 Å². The molecular weight excluding hydrogens is 908 g/mol. The zero-order valence-corrected chi connectivity index (χ0v) is 42.1. The molecule has 2 saturated carbocycles. The smallest absolute Gasteiger partial charge is 0.252 e. The third kappa shape index (κ3) is 6.83. The molecule has 0 amide bonds. The molecule has 0 spiro atoms. The Bertz CT molecular complexity index is 3970. The second-order valence-corrected chi connectivity index (χ2v) is 22.1.